The number of nitrogens with one attached hydrogen (secondary N) is 1. The second-order valence-corrected chi connectivity index (χ2v) is 6.23. The number of ketones is 1. The van der Waals surface area contributed by atoms with E-state index in [0.717, 1.165) is 27.7 Å². The molecule has 2 heterocycles. The van der Waals surface area contributed by atoms with Gasteiger partial charge < -0.3 is 9.88 Å². The van der Waals surface area contributed by atoms with Crippen LogP contribution in [-0.4, -0.2) is 23.2 Å². The van der Waals surface area contributed by atoms with Gasteiger partial charge in [0.25, 0.3) is 0 Å². The van der Waals surface area contributed by atoms with Crippen molar-refractivity contribution in [3.63, 3.8) is 0 Å². The molecule has 24 heavy (non-hydrogen) atoms. The second-order valence-electron chi connectivity index (χ2n) is 6.23. The molecule has 0 fully saturated rings. The minimum atomic E-state index is 0.0304. The Kier molecular flexibility index (Phi) is 3.45. The van der Waals surface area contributed by atoms with Crippen LogP contribution < -0.4 is 4.90 Å². The molecule has 4 heteroatoms. The van der Waals surface area contributed by atoms with Crippen LogP contribution in [0, 0.1) is 6.92 Å². The summed E-state index contributed by atoms with van der Waals surface area (Å²) < 4.78 is 0. The van der Waals surface area contributed by atoms with Gasteiger partial charge in [0, 0.05) is 35.6 Å². The molecule has 120 valence electrons. The molecule has 1 aliphatic heterocycles. The second kappa shape index (κ2) is 5.64. The molecule has 0 saturated carbocycles. The summed E-state index contributed by atoms with van der Waals surface area (Å²) in [7, 11) is 0. The van der Waals surface area contributed by atoms with E-state index in [0.29, 0.717) is 24.9 Å². The lowest BCUT2D eigenvalue weighted by Crippen LogP contribution is -2.38. The Labute approximate surface area is 140 Å². The summed E-state index contributed by atoms with van der Waals surface area (Å²) in [6, 6.07) is 13.6. The van der Waals surface area contributed by atoms with Gasteiger partial charge in [0.1, 0.15) is 0 Å². The molecular formula is C20H18N2O2. The van der Waals surface area contributed by atoms with Gasteiger partial charge in [0.2, 0.25) is 5.91 Å². The van der Waals surface area contributed by atoms with Gasteiger partial charge in [0.15, 0.2) is 5.78 Å². The lowest BCUT2D eigenvalue weighted by atomic mass is 9.96. The molecule has 0 bridgehead atoms. The SMILES string of the molecule is Cc1cccc2c1N(C(=O)Cc1c[nH]c3ccccc13)CCC2=O. The normalized spacial score (nSPS) is 14.0. The number of Topliss-reactive ketones (excluding diaryl/α,β-unsaturated/α-hetero) is 1. The van der Waals surface area contributed by atoms with Crippen molar-refractivity contribution in [2.45, 2.75) is 19.8 Å². The summed E-state index contributed by atoms with van der Waals surface area (Å²) in [4.78, 5) is 30.1. The summed E-state index contributed by atoms with van der Waals surface area (Å²) in [6.07, 6.45) is 2.61. The van der Waals surface area contributed by atoms with Crippen molar-refractivity contribution < 1.29 is 9.59 Å². The van der Waals surface area contributed by atoms with Crippen molar-refractivity contribution in [3.05, 3.63) is 65.4 Å². The molecule has 0 saturated heterocycles. The average molecular weight is 318 g/mol. The molecule has 1 N–H and O–H groups in total. The Morgan fingerprint density at radius 3 is 2.88 bits per heavy atom. The van der Waals surface area contributed by atoms with Gasteiger partial charge in [0.05, 0.1) is 12.1 Å². The Morgan fingerprint density at radius 2 is 2.00 bits per heavy atom. The van der Waals surface area contributed by atoms with Crippen molar-refractivity contribution in [1.82, 2.24) is 4.98 Å². The zero-order valence-corrected chi connectivity index (χ0v) is 13.5. The van der Waals surface area contributed by atoms with Gasteiger partial charge >= 0.3 is 0 Å². The zero-order chi connectivity index (χ0) is 16.7. The molecule has 0 unspecified atom stereocenters. The summed E-state index contributed by atoms with van der Waals surface area (Å²) in [5, 5.41) is 1.07. The van der Waals surface area contributed by atoms with Crippen LogP contribution in [0.25, 0.3) is 10.9 Å². The fourth-order valence-electron chi connectivity index (χ4n) is 3.49. The van der Waals surface area contributed by atoms with Crippen LogP contribution in [0.1, 0.15) is 27.9 Å². The minimum Gasteiger partial charge on any atom is -0.361 e. The van der Waals surface area contributed by atoms with Crippen LogP contribution in [0.3, 0.4) is 0 Å². The molecule has 0 spiro atoms. The van der Waals surface area contributed by atoms with Crippen LogP contribution in [0.15, 0.2) is 48.7 Å². The van der Waals surface area contributed by atoms with E-state index in [2.05, 4.69) is 4.98 Å². The van der Waals surface area contributed by atoms with E-state index in [1.54, 1.807) is 4.90 Å². The number of rotatable bonds is 2. The molecule has 4 rings (SSSR count). The topological polar surface area (TPSA) is 53.2 Å². The lowest BCUT2D eigenvalue weighted by molar-refractivity contribution is -0.118. The van der Waals surface area contributed by atoms with Crippen molar-refractivity contribution in [2.75, 3.05) is 11.4 Å². The highest BCUT2D eigenvalue weighted by Gasteiger charge is 2.28. The molecule has 0 atom stereocenters. The number of carbonyl (C=O) groups is 2. The van der Waals surface area contributed by atoms with Crippen molar-refractivity contribution in [3.8, 4) is 0 Å². The summed E-state index contributed by atoms with van der Waals surface area (Å²) in [5.41, 5.74) is 4.42. The Bertz CT molecular complexity index is 955. The highest BCUT2D eigenvalue weighted by molar-refractivity contribution is 6.10. The third kappa shape index (κ3) is 2.31. The number of aromatic amines is 1. The number of anilines is 1. The minimum absolute atomic E-state index is 0.0304. The Morgan fingerprint density at radius 1 is 1.17 bits per heavy atom. The number of amides is 1. The van der Waals surface area contributed by atoms with Crippen LogP contribution in [0.2, 0.25) is 0 Å². The van der Waals surface area contributed by atoms with Crippen molar-refractivity contribution in [2.24, 2.45) is 0 Å². The maximum absolute atomic E-state index is 12.9. The van der Waals surface area contributed by atoms with Gasteiger partial charge in [-0.25, -0.2) is 0 Å². The fourth-order valence-corrected chi connectivity index (χ4v) is 3.49. The van der Waals surface area contributed by atoms with Gasteiger partial charge in [-0.3, -0.25) is 9.59 Å². The number of aromatic nitrogens is 1. The van der Waals surface area contributed by atoms with E-state index >= 15 is 0 Å². The molecule has 4 nitrogen and oxygen atoms in total. The summed E-state index contributed by atoms with van der Waals surface area (Å²) in [6.45, 7) is 2.40. The number of H-pyrrole nitrogens is 1. The first-order valence-electron chi connectivity index (χ1n) is 8.13. The molecule has 1 amide bonds. The molecule has 2 aromatic carbocycles. The lowest BCUT2D eigenvalue weighted by Gasteiger charge is -2.30. The third-order valence-corrected chi connectivity index (χ3v) is 4.69. The highest BCUT2D eigenvalue weighted by atomic mass is 16.2. The van der Waals surface area contributed by atoms with E-state index < -0.39 is 0 Å². The predicted molar refractivity (Wildman–Crippen MR) is 94.5 cm³/mol. The molecule has 1 aliphatic rings. The number of carbonyl (C=O) groups excluding carboxylic acids is 2. The van der Waals surface area contributed by atoms with E-state index in [-0.39, 0.29) is 11.7 Å². The van der Waals surface area contributed by atoms with Gasteiger partial charge in [-0.2, -0.15) is 0 Å². The molecule has 0 radical (unpaired) electrons. The number of para-hydroxylation sites is 2. The number of hydrogen-bond acceptors (Lipinski definition) is 2. The van der Waals surface area contributed by atoms with Gasteiger partial charge in [-0.05, 0) is 30.2 Å². The zero-order valence-electron chi connectivity index (χ0n) is 13.5. The van der Waals surface area contributed by atoms with E-state index in [1.165, 1.54) is 0 Å². The number of nitrogens with zero attached hydrogens (tertiary/aromatic N) is 1. The largest absolute Gasteiger partial charge is 0.361 e. The molecule has 3 aromatic rings. The fraction of sp³-hybridized carbons (Fsp3) is 0.200. The van der Waals surface area contributed by atoms with Crippen LogP contribution in [-0.2, 0) is 11.2 Å². The first-order chi connectivity index (χ1) is 11.6. The van der Waals surface area contributed by atoms with E-state index in [4.69, 9.17) is 0 Å². The maximum atomic E-state index is 12.9. The number of hydrogen-bond donors (Lipinski definition) is 1. The number of aryl methyl sites for hydroxylation is 1. The quantitative estimate of drug-likeness (QED) is 0.784. The van der Waals surface area contributed by atoms with Crippen molar-refractivity contribution in [1.29, 1.82) is 0 Å². The third-order valence-electron chi connectivity index (χ3n) is 4.69. The van der Waals surface area contributed by atoms with E-state index in [9.17, 15) is 9.59 Å². The van der Waals surface area contributed by atoms with Gasteiger partial charge in [-0.15, -0.1) is 0 Å². The molecule has 0 aliphatic carbocycles. The van der Waals surface area contributed by atoms with E-state index in [1.807, 2.05) is 55.6 Å². The van der Waals surface area contributed by atoms with Gasteiger partial charge in [-0.1, -0.05) is 30.3 Å². The first-order valence-corrected chi connectivity index (χ1v) is 8.13. The standard InChI is InChI=1S/C20H18N2O2/c1-13-5-4-7-16-18(23)9-10-22(20(13)16)19(24)11-14-12-21-17-8-3-2-6-15(14)17/h2-8,12,21H,9-11H2,1H3. The number of fused-ring (bicyclic) bond motifs is 2. The Balaban J connectivity index is 1.69. The van der Waals surface area contributed by atoms with Crippen LogP contribution in [0.4, 0.5) is 5.69 Å². The Hall–Kier alpha value is -2.88. The summed E-state index contributed by atoms with van der Waals surface area (Å²) in [5.74, 6) is 0.146. The van der Waals surface area contributed by atoms with Crippen molar-refractivity contribution >= 4 is 28.3 Å². The smallest absolute Gasteiger partial charge is 0.231 e. The highest BCUT2D eigenvalue weighted by Crippen LogP contribution is 2.31. The molecular weight excluding hydrogens is 300 g/mol. The first kappa shape index (κ1) is 14.7. The predicted octanol–water partition coefficient (Wildman–Crippen LogP) is 3.64. The monoisotopic (exact) mass is 318 g/mol. The van der Waals surface area contributed by atoms with Crippen LogP contribution >= 0.6 is 0 Å². The maximum Gasteiger partial charge on any atom is 0.231 e. The number of benzene rings is 2. The average Bonchev–Trinajstić information content (AvgIpc) is 2.99. The molecule has 1 aromatic heterocycles. The van der Waals surface area contributed by atoms with Crippen LogP contribution in [0.5, 0.6) is 0 Å². The summed E-state index contributed by atoms with van der Waals surface area (Å²) >= 11 is 0.